The number of aromatic nitrogens is 2. The second-order valence-corrected chi connectivity index (χ2v) is 5.25. The van der Waals surface area contributed by atoms with Crippen LogP contribution in [-0.2, 0) is 20.7 Å². The van der Waals surface area contributed by atoms with Gasteiger partial charge in [0, 0.05) is 18.9 Å². The Bertz CT molecular complexity index is 555. The van der Waals surface area contributed by atoms with E-state index < -0.39 is 6.10 Å². The number of nitrogens with zero attached hydrogens (tertiary/aromatic N) is 1. The number of aryl methyl sites for hydroxylation is 1. The lowest BCUT2D eigenvalue weighted by molar-refractivity contribution is -0.122. The number of fused-ring (bicyclic) bond motifs is 1. The highest BCUT2D eigenvalue weighted by molar-refractivity contribution is 5.76. The maximum Gasteiger partial charge on any atom is 0.264 e. The molecule has 3 heterocycles. The molecule has 114 valence electrons. The first-order valence-electron chi connectivity index (χ1n) is 6.89. The molecule has 0 unspecified atom stereocenters. The van der Waals surface area contributed by atoms with Crippen molar-refractivity contribution in [2.45, 2.75) is 37.2 Å². The zero-order valence-corrected chi connectivity index (χ0v) is 11.3. The van der Waals surface area contributed by atoms with Crippen molar-refractivity contribution in [2.75, 3.05) is 13.2 Å². The fourth-order valence-electron chi connectivity index (χ4n) is 2.64. The molecule has 4 atom stereocenters. The van der Waals surface area contributed by atoms with E-state index in [1.165, 1.54) is 6.07 Å². The van der Waals surface area contributed by atoms with Gasteiger partial charge in [0.1, 0.15) is 18.3 Å². The van der Waals surface area contributed by atoms with Crippen molar-refractivity contribution < 1.29 is 19.4 Å². The van der Waals surface area contributed by atoms with Crippen molar-refractivity contribution in [1.29, 1.82) is 0 Å². The van der Waals surface area contributed by atoms with Gasteiger partial charge in [-0.1, -0.05) is 0 Å². The van der Waals surface area contributed by atoms with Crippen LogP contribution >= 0.6 is 0 Å². The van der Waals surface area contributed by atoms with Crippen molar-refractivity contribution in [3.05, 3.63) is 28.2 Å². The fourth-order valence-corrected chi connectivity index (χ4v) is 2.64. The van der Waals surface area contributed by atoms with Gasteiger partial charge in [-0.25, -0.2) is 5.10 Å². The molecule has 0 spiro atoms. The van der Waals surface area contributed by atoms with Crippen molar-refractivity contribution >= 4 is 5.91 Å². The standard InChI is InChI=1S/C13H17N3O5/c17-9-6-21-12-8(5-20-13(9)12)14-10(18)3-1-7-2-4-11(19)16-15-7/h2,4,8-9,12-13,17H,1,3,5-6H2,(H,14,18)(H,16,19)/t8-,9-,12-,13-/m1/s1. The molecular weight excluding hydrogens is 278 g/mol. The number of hydrogen-bond donors (Lipinski definition) is 3. The number of aliphatic hydroxyl groups excluding tert-OH is 1. The zero-order chi connectivity index (χ0) is 14.8. The van der Waals surface area contributed by atoms with Gasteiger partial charge >= 0.3 is 0 Å². The first kappa shape index (κ1) is 14.2. The number of aliphatic hydroxyl groups is 1. The van der Waals surface area contributed by atoms with Crippen molar-refractivity contribution in [3.63, 3.8) is 0 Å². The van der Waals surface area contributed by atoms with Crippen molar-refractivity contribution in [2.24, 2.45) is 0 Å². The fraction of sp³-hybridized carbons (Fsp3) is 0.615. The van der Waals surface area contributed by atoms with Crippen LogP contribution in [0.1, 0.15) is 12.1 Å². The Morgan fingerprint density at radius 1 is 1.38 bits per heavy atom. The van der Waals surface area contributed by atoms with E-state index in [1.807, 2.05) is 0 Å². The predicted octanol–water partition coefficient (Wildman–Crippen LogP) is -1.65. The largest absolute Gasteiger partial charge is 0.388 e. The number of H-pyrrole nitrogens is 1. The minimum Gasteiger partial charge on any atom is -0.388 e. The van der Waals surface area contributed by atoms with Crippen LogP contribution in [0.15, 0.2) is 16.9 Å². The number of carbonyl (C=O) groups excluding carboxylic acids is 1. The third kappa shape index (κ3) is 3.12. The topological polar surface area (TPSA) is 114 Å². The van der Waals surface area contributed by atoms with Crippen molar-refractivity contribution in [3.8, 4) is 0 Å². The van der Waals surface area contributed by atoms with Crippen LogP contribution in [0.3, 0.4) is 0 Å². The smallest absolute Gasteiger partial charge is 0.264 e. The van der Waals surface area contributed by atoms with E-state index >= 15 is 0 Å². The van der Waals surface area contributed by atoms with Gasteiger partial charge in [0.05, 0.1) is 24.9 Å². The molecule has 8 nitrogen and oxygen atoms in total. The van der Waals surface area contributed by atoms with E-state index in [9.17, 15) is 14.7 Å². The Balaban J connectivity index is 1.48. The molecule has 0 aliphatic carbocycles. The Hall–Kier alpha value is -1.77. The average molecular weight is 295 g/mol. The van der Waals surface area contributed by atoms with Crippen LogP contribution < -0.4 is 10.9 Å². The summed E-state index contributed by atoms with van der Waals surface area (Å²) >= 11 is 0. The third-order valence-electron chi connectivity index (χ3n) is 3.72. The van der Waals surface area contributed by atoms with Crippen LogP contribution in [-0.4, -0.2) is 58.8 Å². The minimum absolute atomic E-state index is 0.137. The summed E-state index contributed by atoms with van der Waals surface area (Å²) in [5.74, 6) is -0.137. The molecule has 3 rings (SSSR count). The molecule has 1 aromatic heterocycles. The highest BCUT2D eigenvalue weighted by atomic mass is 16.6. The normalized spacial score (nSPS) is 31.1. The second kappa shape index (κ2) is 5.92. The lowest BCUT2D eigenvalue weighted by Crippen LogP contribution is -2.44. The summed E-state index contributed by atoms with van der Waals surface area (Å²) in [5, 5.41) is 18.7. The van der Waals surface area contributed by atoms with Gasteiger partial charge in [-0.3, -0.25) is 9.59 Å². The molecule has 21 heavy (non-hydrogen) atoms. The molecule has 1 aromatic rings. The number of amides is 1. The molecule has 0 bridgehead atoms. The summed E-state index contributed by atoms with van der Waals surface area (Å²) in [6, 6.07) is 2.74. The Morgan fingerprint density at radius 3 is 2.95 bits per heavy atom. The number of rotatable bonds is 4. The van der Waals surface area contributed by atoms with Gasteiger partial charge in [0.15, 0.2) is 0 Å². The minimum atomic E-state index is -0.623. The van der Waals surface area contributed by atoms with Crippen LogP contribution in [0.4, 0.5) is 0 Å². The maximum absolute atomic E-state index is 11.9. The van der Waals surface area contributed by atoms with Gasteiger partial charge in [-0.15, -0.1) is 0 Å². The molecule has 3 N–H and O–H groups in total. The van der Waals surface area contributed by atoms with Crippen molar-refractivity contribution in [1.82, 2.24) is 15.5 Å². The molecule has 0 radical (unpaired) electrons. The van der Waals surface area contributed by atoms with Crippen LogP contribution in [0.25, 0.3) is 0 Å². The molecule has 2 saturated heterocycles. The average Bonchev–Trinajstić information content (AvgIpc) is 3.03. The summed E-state index contributed by atoms with van der Waals surface area (Å²) in [4.78, 5) is 22.8. The number of ether oxygens (including phenoxy) is 2. The van der Waals surface area contributed by atoms with E-state index in [0.29, 0.717) is 18.7 Å². The number of nitrogens with one attached hydrogen (secondary N) is 2. The molecule has 0 aromatic carbocycles. The highest BCUT2D eigenvalue weighted by Gasteiger charge is 2.47. The van der Waals surface area contributed by atoms with Crippen LogP contribution in [0, 0.1) is 0 Å². The summed E-state index contributed by atoms with van der Waals surface area (Å²) < 4.78 is 10.9. The molecule has 1 amide bonds. The third-order valence-corrected chi connectivity index (χ3v) is 3.72. The Morgan fingerprint density at radius 2 is 2.19 bits per heavy atom. The predicted molar refractivity (Wildman–Crippen MR) is 70.6 cm³/mol. The van der Waals surface area contributed by atoms with E-state index in [1.54, 1.807) is 6.07 Å². The van der Waals surface area contributed by atoms with Crippen LogP contribution in [0.5, 0.6) is 0 Å². The Labute approximate surface area is 120 Å². The van der Waals surface area contributed by atoms with Gasteiger partial charge in [0.25, 0.3) is 5.56 Å². The monoisotopic (exact) mass is 295 g/mol. The summed E-state index contributed by atoms with van der Waals surface area (Å²) in [7, 11) is 0. The lowest BCUT2D eigenvalue weighted by Gasteiger charge is -2.17. The SMILES string of the molecule is O=C(CCc1ccc(=O)[nH]n1)N[C@@H]1CO[C@H]2[C@@H]1OC[C@H]2O. The molecule has 8 heteroatoms. The number of aromatic amines is 1. The van der Waals surface area contributed by atoms with Crippen LogP contribution in [0.2, 0.25) is 0 Å². The van der Waals surface area contributed by atoms with Gasteiger partial charge in [0.2, 0.25) is 5.91 Å². The summed E-state index contributed by atoms with van der Waals surface area (Å²) in [5.41, 5.74) is 0.382. The maximum atomic E-state index is 11.9. The lowest BCUT2D eigenvalue weighted by atomic mass is 10.1. The van der Waals surface area contributed by atoms with E-state index in [-0.39, 0.29) is 42.7 Å². The molecule has 2 aliphatic heterocycles. The van der Waals surface area contributed by atoms with E-state index in [4.69, 9.17) is 9.47 Å². The quantitative estimate of drug-likeness (QED) is 0.613. The molecular formula is C13H17N3O5. The first-order valence-corrected chi connectivity index (χ1v) is 6.89. The van der Waals surface area contributed by atoms with Gasteiger partial charge < -0.3 is 19.9 Å². The summed E-state index contributed by atoms with van der Waals surface area (Å²) in [6.07, 6.45) is -0.558. The highest BCUT2D eigenvalue weighted by Crippen LogP contribution is 2.26. The van der Waals surface area contributed by atoms with Gasteiger partial charge in [-0.2, -0.15) is 5.10 Å². The van der Waals surface area contributed by atoms with E-state index in [2.05, 4.69) is 15.5 Å². The Kier molecular flexibility index (Phi) is 4.00. The second-order valence-electron chi connectivity index (χ2n) is 5.25. The molecule has 0 saturated carbocycles. The van der Waals surface area contributed by atoms with Gasteiger partial charge in [-0.05, 0) is 6.07 Å². The zero-order valence-electron chi connectivity index (χ0n) is 11.3. The van der Waals surface area contributed by atoms with E-state index in [0.717, 1.165) is 0 Å². The molecule has 2 aliphatic rings. The first-order chi connectivity index (χ1) is 10.1. The number of carbonyl (C=O) groups is 1. The number of hydrogen-bond acceptors (Lipinski definition) is 6. The summed E-state index contributed by atoms with van der Waals surface area (Å²) in [6.45, 7) is 0.581. The molecule has 2 fully saturated rings.